The molecule has 1 aliphatic carbocycles. The van der Waals surface area contributed by atoms with Crippen LogP contribution in [0.1, 0.15) is 81.3 Å². The van der Waals surface area contributed by atoms with Crippen molar-refractivity contribution in [1.82, 2.24) is 0 Å². The Morgan fingerprint density at radius 3 is 1.37 bits per heavy atom. The number of allylic oxidation sites excluding steroid dienone is 4. The van der Waals surface area contributed by atoms with Gasteiger partial charge in [0.15, 0.2) is 0 Å². The Hall–Kier alpha value is -3.49. The third-order valence-electron chi connectivity index (χ3n) is 9.71. The number of rotatable bonds is 2. The summed E-state index contributed by atoms with van der Waals surface area (Å²) in [4.78, 5) is 0. The normalized spacial score (nSPS) is 12.2. The second-order valence-corrected chi connectivity index (χ2v) is 17.4. The standard InChI is InChI=1S/C23H29.C21H14.C5H5.2ClH.Hf/c1-14-9-16-11-17-10-15(2)21(23(6,7)8)13-19(17)18(16)12-20(14)22(3,4)5;1-3-13-20-16(7-1)9-5-11-18(20)15-19-12-6-10-17-8-2-4-14-21(17)19;1-2-4-5-3-1;;;/h9-13H,1-8H3;1-14H;1-3H,4H2;2*1H;/q-1;;-1;;;+2/p-2. The first-order valence-electron chi connectivity index (χ1n) is 17.7. The van der Waals surface area contributed by atoms with Gasteiger partial charge >= 0.3 is 145 Å². The Morgan fingerprint density at radius 1 is 0.577 bits per heavy atom. The van der Waals surface area contributed by atoms with Crippen LogP contribution >= 0.6 is 0 Å². The molecule has 8 rings (SSSR count). The van der Waals surface area contributed by atoms with Crippen LogP contribution in [-0.4, -0.2) is 3.26 Å². The topological polar surface area (TPSA) is 0 Å². The molecule has 0 bridgehead atoms. The fourth-order valence-electron chi connectivity index (χ4n) is 7.32. The van der Waals surface area contributed by atoms with Gasteiger partial charge in [-0.05, 0) is 24.7 Å². The van der Waals surface area contributed by atoms with Gasteiger partial charge in [-0.2, -0.15) is 6.08 Å². The first-order chi connectivity index (χ1) is 23.8. The molecule has 0 spiro atoms. The van der Waals surface area contributed by atoms with Crippen molar-refractivity contribution in [1.29, 1.82) is 0 Å². The van der Waals surface area contributed by atoms with Gasteiger partial charge in [0, 0.05) is 0 Å². The molecule has 0 unspecified atom stereocenters. The Bertz CT molecular complexity index is 2230. The first-order valence-corrected chi connectivity index (χ1v) is 19.5. The maximum absolute atomic E-state index is 2.99. The van der Waals surface area contributed by atoms with Gasteiger partial charge in [0.25, 0.3) is 0 Å². The fraction of sp³-hybridized carbons (Fsp3) is 0.224. The molecule has 0 saturated carbocycles. The average Bonchev–Trinajstić information content (AvgIpc) is 3.78. The van der Waals surface area contributed by atoms with Crippen LogP contribution in [0.4, 0.5) is 0 Å². The molecule has 0 N–H and O–H groups in total. The van der Waals surface area contributed by atoms with Gasteiger partial charge in [-0.25, -0.2) is 12.2 Å². The summed E-state index contributed by atoms with van der Waals surface area (Å²) in [7, 11) is 0. The number of benzene rings is 6. The van der Waals surface area contributed by atoms with Crippen molar-refractivity contribution in [2.45, 2.75) is 72.6 Å². The molecule has 0 saturated heterocycles. The fourth-order valence-corrected chi connectivity index (χ4v) is 8.89. The predicted octanol–water partition coefficient (Wildman–Crippen LogP) is 7.35. The molecule has 0 nitrogen and oxygen atoms in total. The minimum atomic E-state index is 0. The number of hydrogen-bond donors (Lipinski definition) is 0. The van der Waals surface area contributed by atoms with Gasteiger partial charge in [-0.1, -0.05) is 75.9 Å². The quantitative estimate of drug-likeness (QED) is 0.126. The number of fused-ring (bicyclic) bond motifs is 5. The molecule has 7 aromatic rings. The van der Waals surface area contributed by atoms with E-state index < -0.39 is 0 Å². The Balaban J connectivity index is 0.000000198. The van der Waals surface area contributed by atoms with Crippen LogP contribution in [0.3, 0.4) is 0 Å². The van der Waals surface area contributed by atoms with Crippen molar-refractivity contribution >= 4 is 46.3 Å². The average molecular weight is 886 g/mol. The second kappa shape index (κ2) is 17.1. The molecule has 0 fully saturated rings. The van der Waals surface area contributed by atoms with Crippen LogP contribution in [0.2, 0.25) is 0 Å². The monoisotopic (exact) mass is 886 g/mol. The van der Waals surface area contributed by atoms with E-state index in [0.717, 1.165) is 30.3 Å². The van der Waals surface area contributed by atoms with Gasteiger partial charge in [0.2, 0.25) is 0 Å². The van der Waals surface area contributed by atoms with E-state index in [1.165, 1.54) is 79.7 Å². The van der Waals surface area contributed by atoms with Crippen molar-refractivity contribution in [3.8, 4) is 0 Å². The van der Waals surface area contributed by atoms with E-state index in [9.17, 15) is 0 Å². The molecule has 52 heavy (non-hydrogen) atoms. The van der Waals surface area contributed by atoms with Crippen LogP contribution in [0.15, 0.2) is 133 Å². The minimum absolute atomic E-state index is 0. The van der Waals surface area contributed by atoms with E-state index in [1.807, 2.05) is 12.2 Å². The summed E-state index contributed by atoms with van der Waals surface area (Å²) >= 11 is 1.02. The zero-order valence-electron chi connectivity index (χ0n) is 31.7. The first kappa shape index (κ1) is 41.3. The molecule has 7 aromatic carbocycles. The van der Waals surface area contributed by atoms with Crippen molar-refractivity contribution in [3.05, 3.63) is 173 Å². The summed E-state index contributed by atoms with van der Waals surface area (Å²) in [6.07, 6.45) is 10.0. The summed E-state index contributed by atoms with van der Waals surface area (Å²) in [6.45, 7) is 18.3. The van der Waals surface area contributed by atoms with Gasteiger partial charge < -0.3 is 24.8 Å². The molecule has 0 aromatic heterocycles. The molecule has 0 heterocycles. The summed E-state index contributed by atoms with van der Waals surface area (Å²) < 4.78 is 1.47. The van der Waals surface area contributed by atoms with Gasteiger partial charge in [-0.3, -0.25) is 6.08 Å². The second-order valence-electron chi connectivity index (χ2n) is 15.6. The van der Waals surface area contributed by atoms with Crippen molar-refractivity contribution in [3.63, 3.8) is 0 Å². The molecule has 0 atom stereocenters. The summed E-state index contributed by atoms with van der Waals surface area (Å²) in [5, 5.41) is 10.9. The zero-order valence-corrected chi connectivity index (χ0v) is 36.8. The number of halogens is 2. The summed E-state index contributed by atoms with van der Waals surface area (Å²) in [5.41, 5.74) is 8.81. The molecule has 0 radical (unpaired) electrons. The van der Waals surface area contributed by atoms with Gasteiger partial charge in [-0.15, -0.1) is 46.2 Å². The Kier molecular flexibility index (Phi) is 13.6. The SMILES string of the molecule is Cc1cc2[cH-]c3cc(C)c(C(C)(C)C)cc3c2cc1C(C)(C)C.[C-]1=CC=CC1.[Cl-].[Cl-].[Hf+2]=[C](c1cccc2ccccc12)c1cccc2ccccc12. The third-order valence-corrected chi connectivity index (χ3v) is 11.6. The summed E-state index contributed by atoms with van der Waals surface area (Å²) in [6, 6.07) is 42.5. The molecule has 1 aliphatic rings. The van der Waals surface area contributed by atoms with Crippen molar-refractivity contribution in [2.24, 2.45) is 0 Å². The summed E-state index contributed by atoms with van der Waals surface area (Å²) in [5.74, 6) is 0. The number of hydrogen-bond acceptors (Lipinski definition) is 0. The van der Waals surface area contributed by atoms with Crippen LogP contribution in [-0.2, 0) is 34.7 Å². The van der Waals surface area contributed by atoms with Crippen LogP contribution in [0.25, 0.3) is 43.1 Å². The maximum atomic E-state index is 2.99. The van der Waals surface area contributed by atoms with E-state index in [0.29, 0.717) is 0 Å². The van der Waals surface area contributed by atoms with Crippen molar-refractivity contribution < 1.29 is 48.7 Å². The Labute approximate surface area is 338 Å². The van der Waals surface area contributed by atoms with E-state index in [2.05, 4.69) is 183 Å². The zero-order chi connectivity index (χ0) is 35.6. The van der Waals surface area contributed by atoms with Crippen LogP contribution in [0, 0.1) is 19.9 Å². The van der Waals surface area contributed by atoms with E-state index in [4.69, 9.17) is 0 Å². The molecular weight excluding hydrogens is 838 g/mol. The van der Waals surface area contributed by atoms with Gasteiger partial charge in [0.05, 0.1) is 0 Å². The molecule has 264 valence electrons. The number of aryl methyl sites for hydroxylation is 2. The van der Waals surface area contributed by atoms with Gasteiger partial charge in [0.1, 0.15) is 0 Å². The molecule has 3 heteroatoms. The predicted molar refractivity (Wildman–Crippen MR) is 217 cm³/mol. The molecule has 0 amide bonds. The van der Waals surface area contributed by atoms with Crippen molar-refractivity contribution in [2.75, 3.05) is 0 Å². The third kappa shape index (κ3) is 8.99. The molecular formula is C49H48Cl2Hf-2. The van der Waals surface area contributed by atoms with E-state index in [1.54, 1.807) is 0 Å². The van der Waals surface area contributed by atoms with Crippen LogP contribution in [0.5, 0.6) is 0 Å². The van der Waals surface area contributed by atoms with E-state index in [-0.39, 0.29) is 35.6 Å². The van der Waals surface area contributed by atoms with E-state index >= 15 is 0 Å². The van der Waals surface area contributed by atoms with Crippen LogP contribution < -0.4 is 24.8 Å². The molecule has 0 aliphatic heterocycles. The Morgan fingerprint density at radius 2 is 1.00 bits per heavy atom.